The van der Waals surface area contributed by atoms with Gasteiger partial charge in [0, 0.05) is 19.5 Å². The fourth-order valence-electron chi connectivity index (χ4n) is 2.31. The first kappa shape index (κ1) is 12.4. The van der Waals surface area contributed by atoms with Crippen molar-refractivity contribution in [1.29, 1.82) is 0 Å². The smallest absolute Gasteiger partial charge is 0.114 e. The summed E-state index contributed by atoms with van der Waals surface area (Å²) in [5.74, 6) is 1.35. The Labute approximate surface area is 107 Å². The van der Waals surface area contributed by atoms with E-state index in [1.807, 2.05) is 25.2 Å². The van der Waals surface area contributed by atoms with Gasteiger partial charge in [-0.15, -0.1) is 0 Å². The number of para-hydroxylation sites is 1. The van der Waals surface area contributed by atoms with Crippen LogP contribution in [0.3, 0.4) is 0 Å². The molecule has 92 valence electrons. The quantitative estimate of drug-likeness (QED) is 0.908. The number of aryl methyl sites for hydroxylation is 1. The van der Waals surface area contributed by atoms with E-state index in [-0.39, 0.29) is 0 Å². The predicted octanol–water partition coefficient (Wildman–Crippen LogP) is 3.07. The predicted molar refractivity (Wildman–Crippen MR) is 72.4 cm³/mol. The highest BCUT2D eigenvalue weighted by Gasteiger charge is 2.17. The fourth-order valence-corrected chi connectivity index (χ4v) is 2.60. The summed E-state index contributed by atoms with van der Waals surface area (Å²) in [5.41, 5.74) is 7.78. The van der Waals surface area contributed by atoms with E-state index < -0.39 is 0 Å². The summed E-state index contributed by atoms with van der Waals surface area (Å²) in [4.78, 5) is 4.66. The summed E-state index contributed by atoms with van der Waals surface area (Å²) >= 11 is 6.21. The average Bonchev–Trinajstić information content (AvgIpc) is 2.65. The summed E-state index contributed by atoms with van der Waals surface area (Å²) in [6.07, 6.45) is 2.17. The van der Waals surface area contributed by atoms with Gasteiger partial charge in [0.15, 0.2) is 0 Å². The van der Waals surface area contributed by atoms with Crippen LogP contribution in [0.2, 0.25) is 5.02 Å². The van der Waals surface area contributed by atoms with Crippen molar-refractivity contribution in [2.75, 3.05) is 6.54 Å². The van der Waals surface area contributed by atoms with Gasteiger partial charge in [-0.3, -0.25) is 0 Å². The van der Waals surface area contributed by atoms with E-state index >= 15 is 0 Å². The van der Waals surface area contributed by atoms with Crippen LogP contribution < -0.4 is 5.73 Å². The van der Waals surface area contributed by atoms with Crippen molar-refractivity contribution >= 4 is 22.6 Å². The molecule has 0 fully saturated rings. The van der Waals surface area contributed by atoms with Gasteiger partial charge in [0.2, 0.25) is 0 Å². The second kappa shape index (κ2) is 5.07. The number of halogens is 1. The topological polar surface area (TPSA) is 43.8 Å². The zero-order chi connectivity index (χ0) is 12.4. The van der Waals surface area contributed by atoms with E-state index in [1.165, 1.54) is 0 Å². The molecule has 2 aromatic rings. The van der Waals surface area contributed by atoms with Crippen LogP contribution in [0.5, 0.6) is 0 Å². The number of nitrogens with zero attached hydrogens (tertiary/aromatic N) is 2. The van der Waals surface area contributed by atoms with E-state index in [2.05, 4.69) is 16.5 Å². The van der Waals surface area contributed by atoms with E-state index in [9.17, 15) is 0 Å². The molecule has 0 saturated heterocycles. The molecule has 0 aliphatic rings. The SMILES string of the molecule is CCCC(CN)c1nc2cccc(Cl)c2n1C. The Morgan fingerprint density at radius 1 is 1.47 bits per heavy atom. The number of rotatable bonds is 4. The van der Waals surface area contributed by atoms with Gasteiger partial charge in [-0.1, -0.05) is 31.0 Å². The molecule has 2 N–H and O–H groups in total. The maximum Gasteiger partial charge on any atom is 0.114 e. The van der Waals surface area contributed by atoms with Crippen LogP contribution in [0.25, 0.3) is 11.0 Å². The van der Waals surface area contributed by atoms with Crippen LogP contribution in [0.4, 0.5) is 0 Å². The van der Waals surface area contributed by atoms with Crippen molar-refractivity contribution in [1.82, 2.24) is 9.55 Å². The number of imidazole rings is 1. The van der Waals surface area contributed by atoms with Crippen LogP contribution in [0.15, 0.2) is 18.2 Å². The Kier molecular flexibility index (Phi) is 3.69. The zero-order valence-corrected chi connectivity index (χ0v) is 11.0. The highest BCUT2D eigenvalue weighted by molar-refractivity contribution is 6.35. The second-order valence-corrected chi connectivity index (χ2v) is 4.77. The van der Waals surface area contributed by atoms with Crippen LogP contribution in [0, 0.1) is 0 Å². The summed E-state index contributed by atoms with van der Waals surface area (Å²) < 4.78 is 2.07. The highest BCUT2D eigenvalue weighted by Crippen LogP contribution is 2.28. The Bertz CT molecular complexity index is 519. The molecule has 0 radical (unpaired) electrons. The zero-order valence-electron chi connectivity index (χ0n) is 10.3. The fraction of sp³-hybridized carbons (Fsp3) is 0.462. The second-order valence-electron chi connectivity index (χ2n) is 4.36. The molecule has 3 nitrogen and oxygen atoms in total. The van der Waals surface area contributed by atoms with Crippen molar-refractivity contribution in [2.24, 2.45) is 12.8 Å². The minimum Gasteiger partial charge on any atom is -0.330 e. The summed E-state index contributed by atoms with van der Waals surface area (Å²) in [6.45, 7) is 2.79. The van der Waals surface area contributed by atoms with Gasteiger partial charge in [0.25, 0.3) is 0 Å². The van der Waals surface area contributed by atoms with Crippen molar-refractivity contribution in [3.8, 4) is 0 Å². The third kappa shape index (κ3) is 2.17. The van der Waals surface area contributed by atoms with E-state index in [4.69, 9.17) is 17.3 Å². The van der Waals surface area contributed by atoms with Gasteiger partial charge in [0.05, 0.1) is 16.1 Å². The molecule has 1 heterocycles. The Hall–Kier alpha value is -1.06. The number of aromatic nitrogens is 2. The van der Waals surface area contributed by atoms with Crippen molar-refractivity contribution < 1.29 is 0 Å². The lowest BCUT2D eigenvalue weighted by Gasteiger charge is -2.13. The molecule has 1 atom stereocenters. The van der Waals surface area contributed by atoms with Crippen LogP contribution in [0.1, 0.15) is 31.5 Å². The summed E-state index contributed by atoms with van der Waals surface area (Å²) in [7, 11) is 2.01. The number of nitrogens with two attached hydrogens (primary N) is 1. The minimum absolute atomic E-state index is 0.313. The molecule has 1 unspecified atom stereocenters. The van der Waals surface area contributed by atoms with Crippen molar-refractivity contribution in [3.05, 3.63) is 29.0 Å². The molecule has 1 aromatic heterocycles. The maximum atomic E-state index is 6.21. The van der Waals surface area contributed by atoms with Crippen molar-refractivity contribution in [2.45, 2.75) is 25.7 Å². The lowest BCUT2D eigenvalue weighted by molar-refractivity contribution is 0.572. The monoisotopic (exact) mass is 251 g/mol. The standard InChI is InChI=1S/C13H18ClN3/c1-3-5-9(8-15)13-16-11-7-4-6-10(14)12(11)17(13)2/h4,6-7,9H,3,5,8,15H2,1-2H3. The highest BCUT2D eigenvalue weighted by atomic mass is 35.5. The molecular formula is C13H18ClN3. The third-order valence-corrected chi connectivity index (χ3v) is 3.47. The number of benzene rings is 1. The van der Waals surface area contributed by atoms with Gasteiger partial charge < -0.3 is 10.3 Å². The third-order valence-electron chi connectivity index (χ3n) is 3.17. The largest absolute Gasteiger partial charge is 0.330 e. The minimum atomic E-state index is 0.313. The van der Waals surface area contributed by atoms with Crippen molar-refractivity contribution in [3.63, 3.8) is 0 Å². The Balaban J connectivity index is 2.55. The molecule has 0 aliphatic carbocycles. The summed E-state index contributed by atoms with van der Waals surface area (Å²) in [6, 6.07) is 5.82. The molecule has 1 aromatic carbocycles. The molecule has 0 aliphatic heterocycles. The molecule has 0 amide bonds. The number of hydrogen-bond donors (Lipinski definition) is 1. The Morgan fingerprint density at radius 2 is 2.24 bits per heavy atom. The first-order chi connectivity index (χ1) is 8.19. The molecule has 2 rings (SSSR count). The molecule has 0 bridgehead atoms. The van der Waals surface area contributed by atoms with Gasteiger partial charge in [-0.25, -0.2) is 4.98 Å². The lowest BCUT2D eigenvalue weighted by atomic mass is 10.0. The van der Waals surface area contributed by atoms with Crippen LogP contribution in [-0.4, -0.2) is 16.1 Å². The van der Waals surface area contributed by atoms with Gasteiger partial charge >= 0.3 is 0 Å². The number of fused-ring (bicyclic) bond motifs is 1. The maximum absolute atomic E-state index is 6.21. The number of hydrogen-bond acceptors (Lipinski definition) is 2. The lowest BCUT2D eigenvalue weighted by Crippen LogP contribution is -2.16. The Morgan fingerprint density at radius 3 is 2.82 bits per heavy atom. The molecule has 0 saturated carbocycles. The van der Waals surface area contributed by atoms with Crippen LogP contribution in [-0.2, 0) is 7.05 Å². The summed E-state index contributed by atoms with van der Waals surface area (Å²) in [5, 5.41) is 0.746. The van der Waals surface area contributed by atoms with E-state index in [0.29, 0.717) is 12.5 Å². The molecular weight excluding hydrogens is 234 g/mol. The first-order valence-corrected chi connectivity index (χ1v) is 6.37. The van der Waals surface area contributed by atoms with Gasteiger partial charge in [0.1, 0.15) is 5.82 Å². The van der Waals surface area contributed by atoms with Gasteiger partial charge in [-0.05, 0) is 18.6 Å². The molecule has 4 heteroatoms. The van der Waals surface area contributed by atoms with Gasteiger partial charge in [-0.2, -0.15) is 0 Å². The molecule has 17 heavy (non-hydrogen) atoms. The normalized spacial score (nSPS) is 13.2. The average molecular weight is 252 g/mol. The van der Waals surface area contributed by atoms with E-state index in [1.54, 1.807) is 0 Å². The molecule has 0 spiro atoms. The van der Waals surface area contributed by atoms with Crippen LogP contribution >= 0.6 is 11.6 Å². The van der Waals surface area contributed by atoms with E-state index in [0.717, 1.165) is 34.7 Å². The first-order valence-electron chi connectivity index (χ1n) is 6.00.